The predicted molar refractivity (Wildman–Crippen MR) is 98.1 cm³/mol. The van der Waals surface area contributed by atoms with Crippen molar-refractivity contribution in [1.29, 1.82) is 0 Å². The third-order valence-corrected chi connectivity index (χ3v) is 6.15. The Bertz CT molecular complexity index is 766. The van der Waals surface area contributed by atoms with Gasteiger partial charge in [-0.25, -0.2) is 4.68 Å². The van der Waals surface area contributed by atoms with E-state index in [0.717, 1.165) is 42.5 Å². The van der Waals surface area contributed by atoms with E-state index < -0.39 is 0 Å². The molecule has 1 aromatic carbocycles. The van der Waals surface area contributed by atoms with Crippen molar-refractivity contribution in [2.24, 2.45) is 0 Å². The van der Waals surface area contributed by atoms with Crippen molar-refractivity contribution in [2.45, 2.75) is 49.6 Å². The number of hydrogen-bond donors (Lipinski definition) is 1. The van der Waals surface area contributed by atoms with Crippen molar-refractivity contribution in [1.82, 2.24) is 19.8 Å². The molecule has 7 heteroatoms. The zero-order valence-electron chi connectivity index (χ0n) is 14.6. The van der Waals surface area contributed by atoms with Crippen molar-refractivity contribution in [3.05, 3.63) is 41.2 Å². The van der Waals surface area contributed by atoms with Gasteiger partial charge in [-0.3, -0.25) is 4.79 Å². The number of rotatable bonds is 2. The number of carbonyl (C=O) groups is 1. The van der Waals surface area contributed by atoms with E-state index in [2.05, 4.69) is 46.8 Å². The standard InChI is InChI=1S/C18H23N5OS/c1-12-6-8-14(9-7-12)15-16(17(24)22-10-4-3-5-11-22)25-18-20-19-13(2)23(18)21-15/h6-9,15-16,21H,3-5,10-11H2,1-2H3/t15-,16-/m0/s1. The van der Waals surface area contributed by atoms with Crippen molar-refractivity contribution in [3.63, 3.8) is 0 Å². The molecule has 3 heterocycles. The molecule has 25 heavy (non-hydrogen) atoms. The third-order valence-electron chi connectivity index (χ3n) is 4.95. The number of aromatic nitrogens is 3. The molecule has 1 N–H and O–H groups in total. The van der Waals surface area contributed by atoms with Crippen LogP contribution in [0, 0.1) is 13.8 Å². The molecule has 0 spiro atoms. The minimum atomic E-state index is -0.225. The van der Waals surface area contributed by atoms with E-state index in [1.54, 1.807) is 0 Å². The van der Waals surface area contributed by atoms with E-state index in [1.165, 1.54) is 23.7 Å². The Hall–Kier alpha value is -2.02. The first-order chi connectivity index (χ1) is 12.1. The number of aryl methyl sites for hydroxylation is 2. The molecule has 0 radical (unpaired) electrons. The summed E-state index contributed by atoms with van der Waals surface area (Å²) in [7, 11) is 0. The van der Waals surface area contributed by atoms with Gasteiger partial charge in [0.25, 0.3) is 0 Å². The average Bonchev–Trinajstić information content (AvgIpc) is 3.02. The number of thioether (sulfide) groups is 1. The second-order valence-corrected chi connectivity index (χ2v) is 7.92. The van der Waals surface area contributed by atoms with Crippen LogP contribution in [0.15, 0.2) is 29.4 Å². The second-order valence-electron chi connectivity index (χ2n) is 6.81. The summed E-state index contributed by atoms with van der Waals surface area (Å²) in [5.41, 5.74) is 5.81. The Labute approximate surface area is 152 Å². The summed E-state index contributed by atoms with van der Waals surface area (Å²) in [6.07, 6.45) is 3.41. The van der Waals surface area contributed by atoms with Gasteiger partial charge < -0.3 is 10.3 Å². The van der Waals surface area contributed by atoms with Gasteiger partial charge in [0.05, 0.1) is 6.04 Å². The zero-order chi connectivity index (χ0) is 17.4. The van der Waals surface area contributed by atoms with Crippen LogP contribution in [0.1, 0.15) is 42.3 Å². The van der Waals surface area contributed by atoms with E-state index in [-0.39, 0.29) is 17.2 Å². The van der Waals surface area contributed by atoms with Crippen LogP contribution in [0.4, 0.5) is 0 Å². The van der Waals surface area contributed by atoms with Gasteiger partial charge >= 0.3 is 0 Å². The Morgan fingerprint density at radius 2 is 1.84 bits per heavy atom. The SMILES string of the molecule is Cc1ccc([C@@H]2Nn3c(C)nnc3S[C@@H]2C(=O)N2CCCCC2)cc1. The van der Waals surface area contributed by atoms with Crippen LogP contribution in [-0.4, -0.2) is 44.0 Å². The number of fused-ring (bicyclic) bond motifs is 1. The minimum Gasteiger partial charge on any atom is -0.342 e. The molecule has 2 aromatic rings. The molecule has 2 atom stereocenters. The molecule has 1 amide bonds. The molecular weight excluding hydrogens is 334 g/mol. The first-order valence-corrected chi connectivity index (χ1v) is 9.72. The van der Waals surface area contributed by atoms with Gasteiger partial charge in [0.2, 0.25) is 11.1 Å². The van der Waals surface area contributed by atoms with Gasteiger partial charge in [0, 0.05) is 13.1 Å². The molecule has 1 fully saturated rings. The number of amides is 1. The molecule has 0 unspecified atom stereocenters. The lowest BCUT2D eigenvalue weighted by atomic mass is 10.0. The van der Waals surface area contributed by atoms with Gasteiger partial charge in [-0.05, 0) is 38.7 Å². The second kappa shape index (κ2) is 6.71. The number of carbonyl (C=O) groups excluding carboxylic acids is 1. The lowest BCUT2D eigenvalue weighted by molar-refractivity contribution is -0.131. The van der Waals surface area contributed by atoms with Crippen molar-refractivity contribution in [3.8, 4) is 0 Å². The highest BCUT2D eigenvalue weighted by atomic mass is 32.2. The monoisotopic (exact) mass is 357 g/mol. The van der Waals surface area contributed by atoms with Crippen LogP contribution in [0.3, 0.4) is 0 Å². The molecule has 6 nitrogen and oxygen atoms in total. The maximum Gasteiger partial charge on any atom is 0.238 e. The van der Waals surface area contributed by atoms with Gasteiger partial charge in [-0.2, -0.15) is 0 Å². The number of nitrogens with one attached hydrogen (secondary N) is 1. The number of hydrogen-bond acceptors (Lipinski definition) is 5. The molecule has 0 aliphatic carbocycles. The van der Waals surface area contributed by atoms with Crippen LogP contribution in [-0.2, 0) is 4.79 Å². The van der Waals surface area contributed by atoms with Crippen molar-refractivity contribution < 1.29 is 4.79 Å². The van der Waals surface area contributed by atoms with Crippen LogP contribution in [0.2, 0.25) is 0 Å². The van der Waals surface area contributed by atoms with Crippen molar-refractivity contribution >= 4 is 17.7 Å². The Kier molecular flexibility index (Phi) is 4.41. The molecular formula is C18H23N5OS. The molecule has 0 bridgehead atoms. The van der Waals surface area contributed by atoms with E-state index >= 15 is 0 Å². The lowest BCUT2D eigenvalue weighted by Gasteiger charge is -2.37. The van der Waals surface area contributed by atoms with Gasteiger partial charge in [0.15, 0.2) is 0 Å². The molecule has 4 rings (SSSR count). The Balaban J connectivity index is 1.68. The van der Waals surface area contributed by atoms with E-state index in [1.807, 2.05) is 16.5 Å². The van der Waals surface area contributed by atoms with Crippen LogP contribution >= 0.6 is 11.8 Å². The van der Waals surface area contributed by atoms with E-state index in [4.69, 9.17) is 0 Å². The maximum absolute atomic E-state index is 13.2. The van der Waals surface area contributed by atoms with Gasteiger partial charge in [-0.1, -0.05) is 41.6 Å². The highest BCUT2D eigenvalue weighted by molar-refractivity contribution is 8.00. The molecule has 2 aliphatic rings. The smallest absolute Gasteiger partial charge is 0.238 e. The third kappa shape index (κ3) is 3.13. The summed E-state index contributed by atoms with van der Waals surface area (Å²) in [6, 6.07) is 8.31. The topological polar surface area (TPSA) is 63.1 Å². The number of nitrogens with zero attached hydrogens (tertiary/aromatic N) is 4. The summed E-state index contributed by atoms with van der Waals surface area (Å²) in [6.45, 7) is 5.72. The highest BCUT2D eigenvalue weighted by Crippen LogP contribution is 2.38. The van der Waals surface area contributed by atoms with Crippen LogP contribution in [0.5, 0.6) is 0 Å². The van der Waals surface area contributed by atoms with E-state index in [9.17, 15) is 4.79 Å². The molecule has 1 saturated heterocycles. The number of likely N-dealkylation sites (tertiary alicyclic amines) is 1. The number of piperidine rings is 1. The fourth-order valence-corrected chi connectivity index (χ4v) is 4.68. The highest BCUT2D eigenvalue weighted by Gasteiger charge is 2.39. The van der Waals surface area contributed by atoms with Gasteiger partial charge in [-0.15, -0.1) is 10.2 Å². The molecule has 1 aromatic heterocycles. The maximum atomic E-state index is 13.2. The van der Waals surface area contributed by atoms with Crippen LogP contribution < -0.4 is 5.43 Å². The van der Waals surface area contributed by atoms with E-state index in [0.29, 0.717) is 0 Å². The fourth-order valence-electron chi connectivity index (χ4n) is 3.47. The molecule has 132 valence electrons. The van der Waals surface area contributed by atoms with Crippen LogP contribution in [0.25, 0.3) is 0 Å². The molecule has 2 aliphatic heterocycles. The quantitative estimate of drug-likeness (QED) is 0.895. The number of benzene rings is 1. The largest absolute Gasteiger partial charge is 0.342 e. The predicted octanol–water partition coefficient (Wildman–Crippen LogP) is 2.67. The zero-order valence-corrected chi connectivity index (χ0v) is 15.4. The fraction of sp³-hybridized carbons (Fsp3) is 0.500. The first-order valence-electron chi connectivity index (χ1n) is 8.84. The Morgan fingerprint density at radius 1 is 1.12 bits per heavy atom. The summed E-state index contributed by atoms with van der Waals surface area (Å²) in [5, 5.41) is 8.91. The summed E-state index contributed by atoms with van der Waals surface area (Å²) < 4.78 is 1.90. The van der Waals surface area contributed by atoms with Crippen molar-refractivity contribution in [2.75, 3.05) is 18.5 Å². The average molecular weight is 357 g/mol. The first kappa shape index (κ1) is 16.4. The summed E-state index contributed by atoms with van der Waals surface area (Å²) in [4.78, 5) is 15.2. The summed E-state index contributed by atoms with van der Waals surface area (Å²) >= 11 is 1.52. The molecule has 0 saturated carbocycles. The normalized spacial score (nSPS) is 23.0. The minimum absolute atomic E-state index is 0.0952. The summed E-state index contributed by atoms with van der Waals surface area (Å²) in [5.74, 6) is 1.01. The van der Waals surface area contributed by atoms with Gasteiger partial charge in [0.1, 0.15) is 11.1 Å². The Morgan fingerprint density at radius 3 is 2.56 bits per heavy atom. The lowest BCUT2D eigenvalue weighted by Crippen LogP contribution is -2.47.